The largest absolute Gasteiger partial charge is 0.347 e. The first-order valence-electron chi connectivity index (χ1n) is 6.98. The summed E-state index contributed by atoms with van der Waals surface area (Å²) in [4.78, 5) is 16.2. The molecule has 1 amide bonds. The highest BCUT2D eigenvalue weighted by atomic mass is 16.5. The van der Waals surface area contributed by atoms with Crippen molar-refractivity contribution in [2.75, 3.05) is 0 Å². The fraction of sp³-hybridized carbons (Fsp3) is 0.400. The van der Waals surface area contributed by atoms with Gasteiger partial charge in [-0.05, 0) is 12.8 Å². The second-order valence-electron chi connectivity index (χ2n) is 5.08. The van der Waals surface area contributed by atoms with E-state index in [2.05, 4.69) is 15.5 Å². The van der Waals surface area contributed by atoms with E-state index in [1.165, 1.54) is 0 Å². The van der Waals surface area contributed by atoms with E-state index in [1.807, 2.05) is 30.3 Å². The number of aromatic nitrogens is 2. The zero-order valence-electron chi connectivity index (χ0n) is 11.2. The van der Waals surface area contributed by atoms with E-state index in [4.69, 9.17) is 4.52 Å². The molecular formula is C15H17N3O2. The van der Waals surface area contributed by atoms with Crippen molar-refractivity contribution in [3.8, 4) is 11.4 Å². The van der Waals surface area contributed by atoms with Crippen LogP contribution in [0.15, 0.2) is 34.9 Å². The van der Waals surface area contributed by atoms with Crippen LogP contribution >= 0.6 is 0 Å². The molecule has 2 aromatic rings. The molecule has 3 rings (SSSR count). The first kappa shape index (κ1) is 12.8. The molecule has 104 valence electrons. The highest BCUT2D eigenvalue weighted by Gasteiger charge is 2.22. The zero-order valence-corrected chi connectivity index (χ0v) is 11.2. The van der Waals surface area contributed by atoms with Gasteiger partial charge in [0.1, 0.15) is 0 Å². The van der Waals surface area contributed by atoms with Gasteiger partial charge in [-0.1, -0.05) is 48.3 Å². The van der Waals surface area contributed by atoms with Crippen molar-refractivity contribution in [3.63, 3.8) is 0 Å². The van der Waals surface area contributed by atoms with Crippen LogP contribution in [-0.2, 0) is 11.3 Å². The third-order valence-corrected chi connectivity index (χ3v) is 3.64. The van der Waals surface area contributed by atoms with E-state index in [1.54, 1.807) is 0 Å². The molecule has 5 heteroatoms. The summed E-state index contributed by atoms with van der Waals surface area (Å²) in [5.41, 5.74) is 0.907. The van der Waals surface area contributed by atoms with Crippen LogP contribution in [0.1, 0.15) is 31.6 Å². The van der Waals surface area contributed by atoms with Crippen molar-refractivity contribution >= 4 is 5.91 Å². The Bertz CT molecular complexity index is 574. The molecule has 1 aliphatic carbocycles. The van der Waals surface area contributed by atoms with Crippen molar-refractivity contribution in [2.45, 2.75) is 32.2 Å². The summed E-state index contributed by atoms with van der Waals surface area (Å²) in [5.74, 6) is 1.25. The lowest BCUT2D eigenvalue weighted by atomic mass is 10.1. The van der Waals surface area contributed by atoms with Crippen molar-refractivity contribution < 1.29 is 9.32 Å². The molecule has 5 nitrogen and oxygen atoms in total. The Balaban J connectivity index is 1.59. The SMILES string of the molecule is O=C(NCc1nc(-c2ccccc2)no1)C1CCCC1. The first-order valence-corrected chi connectivity index (χ1v) is 6.98. The van der Waals surface area contributed by atoms with Gasteiger partial charge in [0.2, 0.25) is 17.6 Å². The summed E-state index contributed by atoms with van der Waals surface area (Å²) in [6, 6.07) is 9.63. The molecule has 20 heavy (non-hydrogen) atoms. The fourth-order valence-corrected chi connectivity index (χ4v) is 2.53. The Labute approximate surface area is 117 Å². The van der Waals surface area contributed by atoms with Gasteiger partial charge in [-0.3, -0.25) is 4.79 Å². The maximum atomic E-state index is 11.9. The summed E-state index contributed by atoms with van der Waals surface area (Å²) in [6.07, 6.45) is 4.28. The second kappa shape index (κ2) is 5.86. The number of amides is 1. The third-order valence-electron chi connectivity index (χ3n) is 3.64. The maximum Gasteiger partial charge on any atom is 0.246 e. The lowest BCUT2D eigenvalue weighted by Gasteiger charge is -2.07. The number of nitrogens with one attached hydrogen (secondary N) is 1. The van der Waals surface area contributed by atoms with E-state index in [0.29, 0.717) is 18.3 Å². The van der Waals surface area contributed by atoms with E-state index >= 15 is 0 Å². The molecule has 1 heterocycles. The summed E-state index contributed by atoms with van der Waals surface area (Å²) < 4.78 is 5.16. The number of carbonyl (C=O) groups is 1. The molecule has 1 fully saturated rings. The summed E-state index contributed by atoms with van der Waals surface area (Å²) in [7, 11) is 0. The van der Waals surface area contributed by atoms with Crippen LogP contribution in [0.25, 0.3) is 11.4 Å². The van der Waals surface area contributed by atoms with Gasteiger partial charge in [-0.15, -0.1) is 0 Å². The maximum absolute atomic E-state index is 11.9. The average molecular weight is 271 g/mol. The van der Waals surface area contributed by atoms with Gasteiger partial charge in [0.25, 0.3) is 0 Å². The number of hydrogen-bond donors (Lipinski definition) is 1. The lowest BCUT2D eigenvalue weighted by molar-refractivity contribution is -0.125. The highest BCUT2D eigenvalue weighted by Crippen LogP contribution is 2.24. The standard InChI is InChI=1S/C15H17N3O2/c19-15(12-8-4-5-9-12)16-10-13-17-14(18-20-13)11-6-2-1-3-7-11/h1-3,6-7,12H,4-5,8-10H2,(H,16,19). The van der Waals surface area contributed by atoms with Crippen LogP contribution in [0.2, 0.25) is 0 Å². The lowest BCUT2D eigenvalue weighted by Crippen LogP contribution is -2.28. The Morgan fingerprint density at radius 3 is 2.75 bits per heavy atom. The number of rotatable bonds is 4. The molecule has 1 aromatic carbocycles. The van der Waals surface area contributed by atoms with Gasteiger partial charge >= 0.3 is 0 Å². The quantitative estimate of drug-likeness (QED) is 0.927. The topological polar surface area (TPSA) is 68.0 Å². The van der Waals surface area contributed by atoms with Gasteiger partial charge in [-0.2, -0.15) is 4.98 Å². The van der Waals surface area contributed by atoms with E-state index in [-0.39, 0.29) is 11.8 Å². The van der Waals surface area contributed by atoms with Crippen LogP contribution in [0.4, 0.5) is 0 Å². The van der Waals surface area contributed by atoms with Crippen molar-refractivity contribution in [2.24, 2.45) is 5.92 Å². The minimum absolute atomic E-state index is 0.0990. The molecule has 1 N–H and O–H groups in total. The molecule has 1 saturated carbocycles. The third kappa shape index (κ3) is 2.87. The predicted molar refractivity (Wildman–Crippen MR) is 73.5 cm³/mol. The van der Waals surface area contributed by atoms with Crippen LogP contribution in [-0.4, -0.2) is 16.0 Å². The molecule has 1 aliphatic rings. The van der Waals surface area contributed by atoms with E-state index in [0.717, 1.165) is 31.2 Å². The zero-order chi connectivity index (χ0) is 13.8. The van der Waals surface area contributed by atoms with Gasteiger partial charge in [0.15, 0.2) is 0 Å². The van der Waals surface area contributed by atoms with Crippen molar-refractivity contribution in [1.82, 2.24) is 15.5 Å². The number of hydrogen-bond acceptors (Lipinski definition) is 4. The molecule has 0 saturated heterocycles. The van der Waals surface area contributed by atoms with Gasteiger partial charge in [-0.25, -0.2) is 0 Å². The molecular weight excluding hydrogens is 254 g/mol. The number of nitrogens with zero attached hydrogens (tertiary/aromatic N) is 2. The van der Waals surface area contributed by atoms with Crippen LogP contribution in [0.3, 0.4) is 0 Å². The molecule has 0 unspecified atom stereocenters. The molecule has 1 aromatic heterocycles. The first-order chi connectivity index (χ1) is 9.83. The molecule has 0 radical (unpaired) electrons. The van der Waals surface area contributed by atoms with Gasteiger partial charge < -0.3 is 9.84 Å². The Kier molecular flexibility index (Phi) is 3.76. The van der Waals surface area contributed by atoms with E-state index in [9.17, 15) is 4.79 Å². The van der Waals surface area contributed by atoms with Crippen molar-refractivity contribution in [3.05, 3.63) is 36.2 Å². The van der Waals surface area contributed by atoms with Gasteiger partial charge in [0.05, 0.1) is 6.54 Å². The predicted octanol–water partition coefficient (Wildman–Crippen LogP) is 2.54. The molecule has 0 atom stereocenters. The fourth-order valence-electron chi connectivity index (χ4n) is 2.53. The van der Waals surface area contributed by atoms with E-state index < -0.39 is 0 Å². The molecule has 0 bridgehead atoms. The molecule has 0 aliphatic heterocycles. The minimum Gasteiger partial charge on any atom is -0.347 e. The molecule has 0 spiro atoms. The Morgan fingerprint density at radius 1 is 1.25 bits per heavy atom. The highest BCUT2D eigenvalue weighted by molar-refractivity contribution is 5.78. The second-order valence-corrected chi connectivity index (χ2v) is 5.08. The van der Waals surface area contributed by atoms with Crippen LogP contribution in [0.5, 0.6) is 0 Å². The number of benzene rings is 1. The monoisotopic (exact) mass is 271 g/mol. The van der Waals surface area contributed by atoms with Crippen LogP contribution < -0.4 is 5.32 Å². The summed E-state index contributed by atoms with van der Waals surface area (Å²) >= 11 is 0. The Hall–Kier alpha value is -2.17. The normalized spacial score (nSPS) is 15.4. The Morgan fingerprint density at radius 2 is 2.00 bits per heavy atom. The summed E-state index contributed by atoms with van der Waals surface area (Å²) in [5, 5.41) is 6.79. The number of carbonyl (C=O) groups excluding carboxylic acids is 1. The van der Waals surface area contributed by atoms with Crippen LogP contribution in [0, 0.1) is 5.92 Å². The van der Waals surface area contributed by atoms with Gasteiger partial charge in [0, 0.05) is 11.5 Å². The minimum atomic E-state index is 0.0990. The summed E-state index contributed by atoms with van der Waals surface area (Å²) in [6.45, 7) is 0.301. The average Bonchev–Trinajstić information content (AvgIpc) is 3.17. The van der Waals surface area contributed by atoms with Crippen molar-refractivity contribution in [1.29, 1.82) is 0 Å². The smallest absolute Gasteiger partial charge is 0.246 e.